The number of rotatable bonds is 4. The number of fused-ring (bicyclic) bond motifs is 2. The number of carbonyl (C=O) groups is 2. The summed E-state index contributed by atoms with van der Waals surface area (Å²) in [6.45, 7) is 4.20. The van der Waals surface area contributed by atoms with Gasteiger partial charge in [0.15, 0.2) is 0 Å². The Kier molecular flexibility index (Phi) is 8.58. The number of halogens is 1. The Morgan fingerprint density at radius 1 is 1.16 bits per heavy atom. The molecule has 2 aromatic rings. The molecule has 1 fully saturated rings. The average Bonchev–Trinajstić information content (AvgIpc) is 2.95. The molecule has 2 heterocycles. The van der Waals surface area contributed by atoms with Crippen molar-refractivity contribution in [1.82, 2.24) is 10.2 Å². The molecule has 3 N–H and O–H groups in total. The van der Waals surface area contributed by atoms with Crippen LogP contribution in [-0.2, 0) is 16.0 Å². The van der Waals surface area contributed by atoms with E-state index in [2.05, 4.69) is 40.5 Å². The summed E-state index contributed by atoms with van der Waals surface area (Å²) in [4.78, 5) is 24.2. The molecule has 2 aliphatic heterocycles. The summed E-state index contributed by atoms with van der Waals surface area (Å²) in [6.07, 6.45) is 2.13. The SMILES string of the molecule is COc1cc(Cl)cc2c1Sc1ccccc1CC2N1CCNCC1.O=C(O)/C=C\C(=O)O. The van der Waals surface area contributed by atoms with Gasteiger partial charge in [-0.15, -0.1) is 0 Å². The van der Waals surface area contributed by atoms with Crippen LogP contribution in [0.5, 0.6) is 5.75 Å². The second kappa shape index (κ2) is 11.4. The van der Waals surface area contributed by atoms with Crippen LogP contribution < -0.4 is 10.1 Å². The summed E-state index contributed by atoms with van der Waals surface area (Å²) >= 11 is 8.21. The van der Waals surface area contributed by atoms with Crippen LogP contribution in [0, 0.1) is 0 Å². The third kappa shape index (κ3) is 6.26. The molecular formula is C23H25ClN2O5S. The lowest BCUT2D eigenvalue weighted by Crippen LogP contribution is -2.45. The molecule has 0 bridgehead atoms. The zero-order valence-electron chi connectivity index (χ0n) is 17.6. The van der Waals surface area contributed by atoms with Crippen molar-refractivity contribution >= 4 is 35.3 Å². The Morgan fingerprint density at radius 2 is 1.81 bits per heavy atom. The van der Waals surface area contributed by atoms with Crippen LogP contribution in [0.3, 0.4) is 0 Å². The summed E-state index contributed by atoms with van der Waals surface area (Å²) in [7, 11) is 1.73. The van der Waals surface area contributed by atoms with Gasteiger partial charge in [0.25, 0.3) is 0 Å². The summed E-state index contributed by atoms with van der Waals surface area (Å²) < 4.78 is 5.66. The fourth-order valence-electron chi connectivity index (χ4n) is 3.76. The van der Waals surface area contributed by atoms with E-state index in [1.807, 2.05) is 6.07 Å². The number of aliphatic carboxylic acids is 2. The zero-order chi connectivity index (χ0) is 23.1. The van der Waals surface area contributed by atoms with Crippen LogP contribution in [0.15, 0.2) is 58.3 Å². The molecule has 2 aliphatic rings. The van der Waals surface area contributed by atoms with Crippen LogP contribution in [0.1, 0.15) is 17.2 Å². The van der Waals surface area contributed by atoms with E-state index in [9.17, 15) is 9.59 Å². The van der Waals surface area contributed by atoms with Crippen LogP contribution >= 0.6 is 23.4 Å². The van der Waals surface area contributed by atoms with Gasteiger partial charge in [-0.3, -0.25) is 4.90 Å². The third-order valence-electron chi connectivity index (χ3n) is 5.19. The molecule has 0 radical (unpaired) electrons. The highest BCUT2D eigenvalue weighted by Crippen LogP contribution is 2.48. The Balaban J connectivity index is 0.000000312. The lowest BCUT2D eigenvalue weighted by Gasteiger charge is -2.35. The zero-order valence-corrected chi connectivity index (χ0v) is 19.2. The van der Waals surface area contributed by atoms with Gasteiger partial charge in [0.1, 0.15) is 5.75 Å². The fourth-order valence-corrected chi connectivity index (χ4v) is 5.18. The number of hydrogen-bond acceptors (Lipinski definition) is 6. The minimum absolute atomic E-state index is 0.339. The van der Waals surface area contributed by atoms with Gasteiger partial charge >= 0.3 is 11.9 Å². The molecule has 7 nitrogen and oxygen atoms in total. The number of nitrogens with zero attached hydrogens (tertiary/aromatic N) is 1. The average molecular weight is 477 g/mol. The smallest absolute Gasteiger partial charge is 0.328 e. The van der Waals surface area contributed by atoms with E-state index in [0.29, 0.717) is 18.2 Å². The Hall–Kier alpha value is -2.52. The number of methoxy groups -OCH3 is 1. The van der Waals surface area contributed by atoms with Crippen LogP contribution in [0.2, 0.25) is 5.02 Å². The quantitative estimate of drug-likeness (QED) is 0.574. The second-order valence-electron chi connectivity index (χ2n) is 7.25. The number of piperazine rings is 1. The fraction of sp³-hybridized carbons (Fsp3) is 0.304. The Morgan fingerprint density at radius 3 is 2.44 bits per heavy atom. The molecule has 0 spiro atoms. The van der Waals surface area contributed by atoms with Gasteiger partial charge in [-0.2, -0.15) is 0 Å². The van der Waals surface area contributed by atoms with Crippen molar-refractivity contribution in [2.45, 2.75) is 22.3 Å². The first-order valence-corrected chi connectivity index (χ1v) is 11.3. The molecule has 0 aliphatic carbocycles. The highest BCUT2D eigenvalue weighted by molar-refractivity contribution is 7.99. The highest BCUT2D eigenvalue weighted by Gasteiger charge is 2.30. The molecule has 0 amide bonds. The molecule has 1 atom stereocenters. The minimum Gasteiger partial charge on any atom is -0.496 e. The van der Waals surface area contributed by atoms with Crippen molar-refractivity contribution < 1.29 is 24.5 Å². The molecular weight excluding hydrogens is 452 g/mol. The van der Waals surface area contributed by atoms with Crippen molar-refractivity contribution in [3.05, 3.63) is 64.7 Å². The monoisotopic (exact) mass is 476 g/mol. The number of nitrogens with one attached hydrogen (secondary N) is 1. The molecule has 0 aromatic heterocycles. The van der Waals surface area contributed by atoms with Gasteiger partial charge in [-0.05, 0) is 35.7 Å². The number of benzene rings is 2. The van der Waals surface area contributed by atoms with Gasteiger partial charge in [0.05, 0.1) is 12.0 Å². The maximum Gasteiger partial charge on any atom is 0.328 e. The molecule has 4 rings (SSSR count). The first kappa shape index (κ1) is 24.1. The molecule has 32 heavy (non-hydrogen) atoms. The minimum atomic E-state index is -1.26. The van der Waals surface area contributed by atoms with Crippen molar-refractivity contribution in [3.63, 3.8) is 0 Å². The molecule has 170 valence electrons. The van der Waals surface area contributed by atoms with Gasteiger partial charge in [-0.25, -0.2) is 9.59 Å². The Labute approximate surface area is 196 Å². The van der Waals surface area contributed by atoms with E-state index in [0.717, 1.165) is 43.4 Å². The van der Waals surface area contributed by atoms with Crippen LogP contribution in [0.25, 0.3) is 0 Å². The van der Waals surface area contributed by atoms with Gasteiger partial charge in [0, 0.05) is 54.3 Å². The van der Waals surface area contributed by atoms with Gasteiger partial charge < -0.3 is 20.3 Å². The number of ether oxygens (including phenoxy) is 1. The highest BCUT2D eigenvalue weighted by atomic mass is 35.5. The lowest BCUT2D eigenvalue weighted by atomic mass is 9.96. The molecule has 9 heteroatoms. The summed E-state index contributed by atoms with van der Waals surface area (Å²) in [5.41, 5.74) is 2.70. The van der Waals surface area contributed by atoms with E-state index in [1.165, 1.54) is 20.9 Å². The van der Waals surface area contributed by atoms with Gasteiger partial charge in [-0.1, -0.05) is 41.6 Å². The van der Waals surface area contributed by atoms with Crippen molar-refractivity contribution in [3.8, 4) is 5.75 Å². The molecule has 1 saturated heterocycles. The van der Waals surface area contributed by atoms with Crippen LogP contribution in [0.4, 0.5) is 0 Å². The normalized spacial score (nSPS) is 18.0. The summed E-state index contributed by atoms with van der Waals surface area (Å²) in [5.74, 6) is -1.64. The number of carboxylic acids is 2. The van der Waals surface area contributed by atoms with E-state index < -0.39 is 11.9 Å². The first-order chi connectivity index (χ1) is 15.4. The molecule has 0 saturated carbocycles. The molecule has 1 unspecified atom stereocenters. The van der Waals surface area contributed by atoms with Crippen molar-refractivity contribution in [2.75, 3.05) is 33.3 Å². The predicted octanol–water partition coefficient (Wildman–Crippen LogP) is 3.71. The van der Waals surface area contributed by atoms with Gasteiger partial charge in [0.2, 0.25) is 0 Å². The predicted molar refractivity (Wildman–Crippen MR) is 124 cm³/mol. The number of carboxylic acid groups (broad SMARTS) is 2. The van der Waals surface area contributed by atoms with E-state index in [-0.39, 0.29) is 0 Å². The van der Waals surface area contributed by atoms with E-state index in [4.69, 9.17) is 26.6 Å². The maximum atomic E-state index is 9.55. The van der Waals surface area contributed by atoms with E-state index in [1.54, 1.807) is 18.9 Å². The summed E-state index contributed by atoms with van der Waals surface area (Å²) in [6, 6.07) is 13.1. The number of hydrogen-bond donors (Lipinski definition) is 3. The standard InChI is InChI=1S/C19H21ClN2OS.C4H4O4/c1-23-17-12-14(20)11-15-16(22-8-6-21-7-9-22)10-13-4-2-3-5-18(13)24-19(15)17;5-3(6)1-2-4(7)8/h2-5,11-12,16,21H,6-10H2,1H3;1-2H,(H,5,6)(H,7,8)/b;2-1-. The first-order valence-electron chi connectivity index (χ1n) is 10.1. The third-order valence-corrected chi connectivity index (χ3v) is 6.66. The summed E-state index contributed by atoms with van der Waals surface area (Å²) in [5, 5.41) is 19.8. The largest absolute Gasteiger partial charge is 0.496 e. The second-order valence-corrected chi connectivity index (χ2v) is 8.74. The van der Waals surface area contributed by atoms with Crippen LogP contribution in [-0.4, -0.2) is 60.3 Å². The van der Waals surface area contributed by atoms with Crippen molar-refractivity contribution in [2.24, 2.45) is 0 Å². The molecule has 2 aromatic carbocycles. The topological polar surface area (TPSA) is 99.1 Å². The van der Waals surface area contributed by atoms with Crippen molar-refractivity contribution in [1.29, 1.82) is 0 Å². The Bertz CT molecular complexity index is 992. The maximum absolute atomic E-state index is 9.55. The lowest BCUT2D eigenvalue weighted by molar-refractivity contribution is -0.134. The van der Waals surface area contributed by atoms with E-state index >= 15 is 0 Å².